The number of anilines is 3. The van der Waals surface area contributed by atoms with E-state index >= 15 is 0 Å². The second kappa shape index (κ2) is 9.84. The Kier molecular flexibility index (Phi) is 6.65. The Bertz CT molecular complexity index is 1400. The number of hydrogen-bond acceptors (Lipinski definition) is 8. The van der Waals surface area contributed by atoms with Crippen LogP contribution in [0.5, 0.6) is 11.6 Å². The van der Waals surface area contributed by atoms with Crippen molar-refractivity contribution >= 4 is 23.1 Å². The smallest absolute Gasteiger partial charge is 0.417 e. The van der Waals surface area contributed by atoms with Gasteiger partial charge in [0, 0.05) is 23.5 Å². The molecule has 4 aromatic rings. The van der Waals surface area contributed by atoms with Crippen molar-refractivity contribution in [1.82, 2.24) is 15.0 Å². The lowest BCUT2D eigenvalue weighted by Crippen LogP contribution is -2.14. The maximum atomic E-state index is 14.4. The third-order valence-corrected chi connectivity index (χ3v) is 4.84. The van der Waals surface area contributed by atoms with Crippen LogP contribution in [0.15, 0.2) is 67.0 Å². The van der Waals surface area contributed by atoms with Crippen LogP contribution >= 0.6 is 0 Å². The molecule has 0 aliphatic carbocycles. The standard InChI is InChI=1S/C23H17F4N7O2/c24-17-7-1-12(21-31-11-18(34-29)20(28)33-21)9-16(17)22(35)32-14-3-5-15(6-4-14)36-19-8-2-13(10-30-19)23(25,26)27/h1-11,34H,29H2,(H,32,35)(H2,28,31,33). The van der Waals surface area contributed by atoms with Crippen LogP contribution in [0.2, 0.25) is 0 Å². The lowest BCUT2D eigenvalue weighted by atomic mass is 10.1. The van der Waals surface area contributed by atoms with Gasteiger partial charge in [0.1, 0.15) is 17.3 Å². The maximum absolute atomic E-state index is 14.4. The van der Waals surface area contributed by atoms with E-state index in [1.807, 2.05) is 0 Å². The number of carbonyl (C=O) groups is 1. The van der Waals surface area contributed by atoms with Gasteiger partial charge in [0.15, 0.2) is 11.6 Å². The number of hydrogen-bond donors (Lipinski definition) is 4. The van der Waals surface area contributed by atoms with Gasteiger partial charge < -0.3 is 21.2 Å². The molecule has 6 N–H and O–H groups in total. The van der Waals surface area contributed by atoms with Crippen molar-refractivity contribution in [3.05, 3.63) is 83.9 Å². The van der Waals surface area contributed by atoms with Crippen molar-refractivity contribution in [1.29, 1.82) is 0 Å². The highest BCUT2D eigenvalue weighted by Gasteiger charge is 2.30. The number of nitrogens with two attached hydrogens (primary N) is 2. The number of pyridine rings is 1. The molecule has 0 saturated carbocycles. The fourth-order valence-electron chi connectivity index (χ4n) is 3.02. The van der Waals surface area contributed by atoms with Crippen molar-refractivity contribution in [2.75, 3.05) is 16.5 Å². The zero-order valence-electron chi connectivity index (χ0n) is 18.2. The van der Waals surface area contributed by atoms with Gasteiger partial charge >= 0.3 is 6.18 Å². The number of nitrogens with zero attached hydrogens (tertiary/aromatic N) is 3. The SMILES string of the molecule is NNc1cnc(-c2ccc(F)c(C(=O)Nc3ccc(Oc4ccc(C(F)(F)F)cn4)cc3)c2)nc1N. The molecule has 0 radical (unpaired) electrons. The Hall–Kier alpha value is -4.78. The van der Waals surface area contributed by atoms with Crippen LogP contribution in [0.1, 0.15) is 15.9 Å². The normalized spacial score (nSPS) is 11.1. The van der Waals surface area contributed by atoms with Gasteiger partial charge in [-0.3, -0.25) is 10.6 Å². The number of halogens is 4. The number of amides is 1. The highest BCUT2D eigenvalue weighted by Crippen LogP contribution is 2.30. The van der Waals surface area contributed by atoms with Gasteiger partial charge in [-0.2, -0.15) is 13.2 Å². The summed E-state index contributed by atoms with van der Waals surface area (Å²) in [5.41, 5.74) is 7.93. The summed E-state index contributed by atoms with van der Waals surface area (Å²) in [4.78, 5) is 24.5. The molecule has 1 amide bonds. The Morgan fingerprint density at radius 3 is 2.33 bits per heavy atom. The lowest BCUT2D eigenvalue weighted by molar-refractivity contribution is -0.137. The van der Waals surface area contributed by atoms with Crippen molar-refractivity contribution in [3.63, 3.8) is 0 Å². The van der Waals surface area contributed by atoms with E-state index in [0.717, 1.165) is 18.2 Å². The fraction of sp³-hybridized carbons (Fsp3) is 0.0435. The van der Waals surface area contributed by atoms with E-state index in [1.165, 1.54) is 42.6 Å². The molecule has 184 valence electrons. The molecular formula is C23H17F4N7O2. The molecule has 2 heterocycles. The first-order chi connectivity index (χ1) is 17.1. The minimum atomic E-state index is -4.50. The predicted octanol–water partition coefficient (Wildman–Crippen LogP) is 4.61. The third kappa shape index (κ3) is 5.47. The summed E-state index contributed by atoms with van der Waals surface area (Å²) in [5, 5.41) is 2.56. The Morgan fingerprint density at radius 1 is 0.972 bits per heavy atom. The number of carbonyl (C=O) groups excluding carboxylic acids is 1. The molecular weight excluding hydrogens is 482 g/mol. The number of hydrazine groups is 1. The van der Waals surface area contributed by atoms with E-state index in [2.05, 4.69) is 25.7 Å². The van der Waals surface area contributed by atoms with Crippen LogP contribution < -0.4 is 27.1 Å². The van der Waals surface area contributed by atoms with E-state index in [-0.39, 0.29) is 28.8 Å². The highest BCUT2D eigenvalue weighted by atomic mass is 19.4. The molecule has 2 aromatic heterocycles. The molecule has 36 heavy (non-hydrogen) atoms. The van der Waals surface area contributed by atoms with Crippen molar-refractivity contribution < 1.29 is 27.1 Å². The van der Waals surface area contributed by atoms with Crippen LogP contribution in [0, 0.1) is 5.82 Å². The molecule has 2 aromatic carbocycles. The molecule has 0 atom stereocenters. The molecule has 13 heteroatoms. The zero-order valence-corrected chi connectivity index (χ0v) is 18.2. The van der Waals surface area contributed by atoms with Crippen LogP contribution in [-0.4, -0.2) is 20.9 Å². The summed E-state index contributed by atoms with van der Waals surface area (Å²) in [7, 11) is 0. The number of rotatable bonds is 6. The largest absolute Gasteiger partial charge is 0.439 e. The summed E-state index contributed by atoms with van der Waals surface area (Å²) in [6, 6.07) is 11.6. The monoisotopic (exact) mass is 499 g/mol. The van der Waals surface area contributed by atoms with E-state index in [0.29, 0.717) is 23.1 Å². The quantitative estimate of drug-likeness (QED) is 0.171. The first-order valence-corrected chi connectivity index (χ1v) is 10.2. The van der Waals surface area contributed by atoms with Gasteiger partial charge in [0.05, 0.1) is 17.3 Å². The highest BCUT2D eigenvalue weighted by molar-refractivity contribution is 6.05. The van der Waals surface area contributed by atoms with Gasteiger partial charge in [0.25, 0.3) is 5.91 Å². The number of alkyl halides is 3. The van der Waals surface area contributed by atoms with Gasteiger partial charge in [-0.25, -0.2) is 19.3 Å². The Morgan fingerprint density at radius 2 is 1.72 bits per heavy atom. The first kappa shape index (κ1) is 24.3. The van der Waals surface area contributed by atoms with Gasteiger partial charge in [-0.1, -0.05) is 0 Å². The van der Waals surface area contributed by atoms with E-state index in [9.17, 15) is 22.4 Å². The molecule has 0 spiro atoms. The summed E-state index contributed by atoms with van der Waals surface area (Å²) >= 11 is 0. The molecule has 0 aliphatic heterocycles. The molecule has 0 unspecified atom stereocenters. The fourth-order valence-corrected chi connectivity index (χ4v) is 3.02. The first-order valence-electron chi connectivity index (χ1n) is 10.2. The van der Waals surface area contributed by atoms with Crippen molar-refractivity contribution in [2.24, 2.45) is 5.84 Å². The van der Waals surface area contributed by atoms with E-state index < -0.39 is 23.5 Å². The van der Waals surface area contributed by atoms with Crippen molar-refractivity contribution in [2.45, 2.75) is 6.18 Å². The topological polar surface area (TPSA) is 141 Å². The molecule has 9 nitrogen and oxygen atoms in total. The van der Waals surface area contributed by atoms with E-state index in [1.54, 1.807) is 0 Å². The minimum Gasteiger partial charge on any atom is -0.439 e. The average Bonchev–Trinajstić information content (AvgIpc) is 2.85. The maximum Gasteiger partial charge on any atom is 0.417 e. The summed E-state index contributed by atoms with van der Waals surface area (Å²) < 4.78 is 57.7. The third-order valence-electron chi connectivity index (χ3n) is 4.84. The van der Waals surface area contributed by atoms with Crippen LogP contribution in [0.3, 0.4) is 0 Å². The van der Waals surface area contributed by atoms with Crippen LogP contribution in [-0.2, 0) is 6.18 Å². The molecule has 0 saturated heterocycles. The lowest BCUT2D eigenvalue weighted by Gasteiger charge is -2.10. The molecule has 0 fully saturated rings. The minimum absolute atomic E-state index is 0.0446. The Labute approximate surface area is 201 Å². The van der Waals surface area contributed by atoms with Gasteiger partial charge in [-0.15, -0.1) is 0 Å². The van der Waals surface area contributed by atoms with E-state index in [4.69, 9.17) is 16.3 Å². The molecule has 0 aliphatic rings. The predicted molar refractivity (Wildman–Crippen MR) is 123 cm³/mol. The summed E-state index contributed by atoms with van der Waals surface area (Å²) in [5.74, 6) is 4.26. The summed E-state index contributed by atoms with van der Waals surface area (Å²) in [6.45, 7) is 0. The van der Waals surface area contributed by atoms with Crippen molar-refractivity contribution in [3.8, 4) is 23.0 Å². The summed E-state index contributed by atoms with van der Waals surface area (Å²) in [6.07, 6.45) is -2.49. The zero-order chi connectivity index (χ0) is 25.9. The number of benzene rings is 2. The average molecular weight is 499 g/mol. The second-order valence-corrected chi connectivity index (χ2v) is 7.29. The van der Waals surface area contributed by atoms with Gasteiger partial charge in [0.2, 0.25) is 5.88 Å². The Balaban J connectivity index is 1.46. The number of nitrogen functional groups attached to an aromatic ring is 2. The number of ether oxygens (including phenoxy) is 1. The molecule has 4 rings (SSSR count). The molecule has 0 bridgehead atoms. The van der Waals surface area contributed by atoms with Crippen LogP contribution in [0.4, 0.5) is 34.8 Å². The van der Waals surface area contributed by atoms with Crippen LogP contribution in [0.25, 0.3) is 11.4 Å². The number of aromatic nitrogens is 3. The second-order valence-electron chi connectivity index (χ2n) is 7.29. The van der Waals surface area contributed by atoms with Gasteiger partial charge in [-0.05, 0) is 48.5 Å². The number of nitrogens with one attached hydrogen (secondary N) is 2.